The van der Waals surface area contributed by atoms with Crippen LogP contribution in [0.5, 0.6) is 0 Å². The number of nitrogens with one attached hydrogen (secondary N) is 3. The van der Waals surface area contributed by atoms with Gasteiger partial charge in [0.2, 0.25) is 0 Å². The molecule has 1 heterocycles. The van der Waals surface area contributed by atoms with Gasteiger partial charge in [-0.3, -0.25) is 0 Å². The van der Waals surface area contributed by atoms with Crippen molar-refractivity contribution in [1.29, 1.82) is 5.26 Å². The van der Waals surface area contributed by atoms with Crippen molar-refractivity contribution in [2.24, 2.45) is 0 Å². The Kier molecular flexibility index (Phi) is 7.74. The van der Waals surface area contributed by atoms with Gasteiger partial charge in [-0.1, -0.05) is 12.1 Å². The normalized spacial score (nSPS) is 11.1. The minimum atomic E-state index is -1.50. The summed E-state index contributed by atoms with van der Waals surface area (Å²) in [5.41, 5.74) is 1.62. The fourth-order valence-corrected chi connectivity index (χ4v) is 2.77. The van der Waals surface area contributed by atoms with E-state index in [1.165, 1.54) is 24.4 Å². The average molecular weight is 404 g/mol. The number of halogens is 1. The number of hydrogen-bond donors (Lipinski definition) is 3. The second-order valence-corrected chi connectivity index (χ2v) is 5.84. The van der Waals surface area contributed by atoms with Crippen LogP contribution >= 0.6 is 0 Å². The van der Waals surface area contributed by atoms with Crippen LogP contribution in [0, 0.1) is 17.1 Å². The molecule has 2 aromatic carbocycles. The molecule has 0 bridgehead atoms. The number of carboxylic acid groups (broad SMARTS) is 1. The summed E-state index contributed by atoms with van der Waals surface area (Å²) in [6, 6.07) is 10.4. The number of hydrogen-bond acceptors (Lipinski definition) is 4. The molecule has 0 saturated heterocycles. The summed E-state index contributed by atoms with van der Waals surface area (Å²) < 4.78 is 14.0. The number of urea groups is 1. The molecule has 2 amide bonds. The third-order valence-electron chi connectivity index (χ3n) is 4.00. The van der Waals surface area contributed by atoms with Gasteiger partial charge in [-0.05, 0) is 35.9 Å². The topological polar surface area (TPSA) is 121 Å². The summed E-state index contributed by atoms with van der Waals surface area (Å²) in [5, 5.41) is 25.3. The van der Waals surface area contributed by atoms with E-state index in [1.807, 2.05) is 6.07 Å². The van der Waals surface area contributed by atoms with Gasteiger partial charge in [0.05, 0.1) is 23.6 Å². The molecular weight excluding hydrogens is 390 g/mol. The molecule has 0 saturated carbocycles. The maximum atomic E-state index is 14.0. The largest absolute Gasteiger partial charge is 1.00 e. The Morgan fingerprint density at radius 1 is 1.25 bits per heavy atom. The molecular formula is C19H14FKN4O3. The number of carbonyl (C=O) groups is 2. The molecule has 0 aliphatic carbocycles. The van der Waals surface area contributed by atoms with Gasteiger partial charge in [-0.25, -0.2) is 9.18 Å². The van der Waals surface area contributed by atoms with E-state index >= 15 is 0 Å². The van der Waals surface area contributed by atoms with Crippen LogP contribution in [0.2, 0.25) is 0 Å². The molecule has 0 aliphatic heterocycles. The van der Waals surface area contributed by atoms with E-state index in [4.69, 9.17) is 5.26 Å². The van der Waals surface area contributed by atoms with Crippen LogP contribution in [0.15, 0.2) is 48.7 Å². The van der Waals surface area contributed by atoms with E-state index in [2.05, 4.69) is 15.6 Å². The molecule has 9 heteroatoms. The van der Waals surface area contributed by atoms with E-state index in [-0.39, 0.29) is 63.2 Å². The minimum absolute atomic E-state index is 0. The minimum Gasteiger partial charge on any atom is -0.548 e. The van der Waals surface area contributed by atoms with E-state index < -0.39 is 23.9 Å². The zero-order valence-electron chi connectivity index (χ0n) is 15.0. The summed E-state index contributed by atoms with van der Waals surface area (Å²) in [5.74, 6) is -1.99. The Bertz CT molecular complexity index is 1060. The Morgan fingerprint density at radius 3 is 2.71 bits per heavy atom. The molecule has 7 nitrogen and oxygen atoms in total. The quantitative estimate of drug-likeness (QED) is 0.456. The number of fused-ring (bicyclic) bond motifs is 1. The monoisotopic (exact) mass is 404 g/mol. The summed E-state index contributed by atoms with van der Waals surface area (Å²) >= 11 is 0. The first-order valence-electron chi connectivity index (χ1n) is 8.01. The Labute approximate surface area is 202 Å². The van der Waals surface area contributed by atoms with Crippen LogP contribution in [0.4, 0.5) is 14.9 Å². The molecule has 1 atom stereocenters. The maximum absolute atomic E-state index is 14.0. The number of nitrogens with zero attached hydrogens (tertiary/aromatic N) is 1. The first-order chi connectivity index (χ1) is 13.0. The van der Waals surface area contributed by atoms with Crippen LogP contribution < -0.4 is 67.1 Å². The summed E-state index contributed by atoms with van der Waals surface area (Å²) in [6.07, 6.45) is 1.34. The van der Waals surface area contributed by atoms with Crippen molar-refractivity contribution in [3.05, 3.63) is 65.6 Å². The van der Waals surface area contributed by atoms with Gasteiger partial charge in [0.15, 0.2) is 0 Å². The van der Waals surface area contributed by atoms with E-state index in [0.29, 0.717) is 22.3 Å². The number of aromatic amines is 1. The molecule has 0 radical (unpaired) electrons. The number of carboxylic acids is 1. The van der Waals surface area contributed by atoms with Crippen molar-refractivity contribution < 1.29 is 70.5 Å². The summed E-state index contributed by atoms with van der Waals surface area (Å²) in [6.45, 7) is 0. The van der Waals surface area contributed by atoms with Gasteiger partial charge in [0.25, 0.3) is 0 Å². The SMILES string of the molecule is N#Cc1cccc(NC(=O)NC(Cc2c[nH]c3cccc(F)c23)C(=O)[O-])c1.[K+]. The molecule has 136 valence electrons. The van der Waals surface area contributed by atoms with Gasteiger partial charge < -0.3 is 25.5 Å². The van der Waals surface area contributed by atoms with Crippen molar-refractivity contribution in [3.8, 4) is 6.07 Å². The third kappa shape index (κ3) is 5.18. The molecule has 28 heavy (non-hydrogen) atoms. The molecule has 1 unspecified atom stereocenters. The molecule has 3 rings (SSSR count). The predicted molar refractivity (Wildman–Crippen MR) is 94.1 cm³/mol. The zero-order valence-corrected chi connectivity index (χ0v) is 18.1. The van der Waals surface area contributed by atoms with Crippen molar-refractivity contribution >= 4 is 28.6 Å². The Morgan fingerprint density at radius 2 is 2.00 bits per heavy atom. The van der Waals surface area contributed by atoms with Crippen molar-refractivity contribution in [1.82, 2.24) is 10.3 Å². The predicted octanol–water partition coefficient (Wildman–Crippen LogP) is -1.33. The number of amides is 2. The van der Waals surface area contributed by atoms with Crippen LogP contribution in [0.25, 0.3) is 10.9 Å². The smallest absolute Gasteiger partial charge is 0.548 e. The van der Waals surface area contributed by atoms with Gasteiger partial charge in [-0.2, -0.15) is 5.26 Å². The third-order valence-corrected chi connectivity index (χ3v) is 4.00. The number of benzene rings is 2. The molecule has 0 aliphatic rings. The first kappa shape index (κ1) is 22.1. The second-order valence-electron chi connectivity index (χ2n) is 5.84. The zero-order chi connectivity index (χ0) is 19.4. The Hall–Kier alpha value is -2.22. The number of carbonyl (C=O) groups excluding carboxylic acids is 2. The van der Waals surface area contributed by atoms with Crippen molar-refractivity contribution in [2.75, 3.05) is 5.32 Å². The fraction of sp³-hybridized carbons (Fsp3) is 0.105. The number of aromatic nitrogens is 1. The summed E-state index contributed by atoms with van der Waals surface area (Å²) in [7, 11) is 0. The Balaban J connectivity index is 0.00000280. The van der Waals surface area contributed by atoms with Crippen LogP contribution in [0.3, 0.4) is 0 Å². The van der Waals surface area contributed by atoms with E-state index in [9.17, 15) is 19.1 Å². The molecule has 3 aromatic rings. The van der Waals surface area contributed by atoms with Crippen LogP contribution in [-0.4, -0.2) is 23.0 Å². The number of aliphatic carboxylic acids is 1. The van der Waals surface area contributed by atoms with Gasteiger partial charge in [0.1, 0.15) is 5.82 Å². The molecule has 0 spiro atoms. The second kappa shape index (κ2) is 9.81. The van der Waals surface area contributed by atoms with Gasteiger partial charge in [-0.15, -0.1) is 0 Å². The van der Waals surface area contributed by atoms with Gasteiger partial charge in [0, 0.05) is 29.2 Å². The van der Waals surface area contributed by atoms with Crippen molar-refractivity contribution in [3.63, 3.8) is 0 Å². The van der Waals surface area contributed by atoms with E-state index in [0.717, 1.165) is 0 Å². The molecule has 3 N–H and O–H groups in total. The molecule has 1 aromatic heterocycles. The number of nitriles is 1. The molecule has 0 fully saturated rings. The average Bonchev–Trinajstić information content (AvgIpc) is 3.05. The van der Waals surface area contributed by atoms with E-state index in [1.54, 1.807) is 24.3 Å². The summed E-state index contributed by atoms with van der Waals surface area (Å²) in [4.78, 5) is 26.4. The number of rotatable bonds is 5. The van der Waals surface area contributed by atoms with Crippen molar-refractivity contribution in [2.45, 2.75) is 12.5 Å². The fourth-order valence-electron chi connectivity index (χ4n) is 2.77. The van der Waals surface area contributed by atoms with Gasteiger partial charge >= 0.3 is 57.4 Å². The van der Waals surface area contributed by atoms with Crippen LogP contribution in [-0.2, 0) is 11.2 Å². The standard InChI is InChI=1S/C19H15FN4O3.K/c20-14-5-2-6-15-17(14)12(10-22-15)8-16(18(25)26)24-19(27)23-13-4-1-3-11(7-13)9-21;/h1-7,10,16,22H,8H2,(H,25,26)(H2,23,24,27);/q;+1/p-1. The van der Waals surface area contributed by atoms with Crippen LogP contribution in [0.1, 0.15) is 11.1 Å². The number of anilines is 1. The first-order valence-corrected chi connectivity index (χ1v) is 8.01. The maximum Gasteiger partial charge on any atom is 1.00 e. The number of H-pyrrole nitrogens is 1.